The summed E-state index contributed by atoms with van der Waals surface area (Å²) >= 11 is 0.822. The molecule has 4 aromatic rings. The van der Waals surface area contributed by atoms with Crippen molar-refractivity contribution in [3.63, 3.8) is 0 Å². The third-order valence-corrected chi connectivity index (χ3v) is 8.18. The fourth-order valence-electron chi connectivity index (χ4n) is 4.20. The number of aromatic hydroxyl groups is 1. The Hall–Kier alpha value is -1.05. The van der Waals surface area contributed by atoms with E-state index in [0.717, 1.165) is 12.1 Å². The van der Waals surface area contributed by atoms with Crippen molar-refractivity contribution >= 4 is 79.6 Å². The Morgan fingerprint density at radius 3 is 2.34 bits per heavy atom. The number of benzene rings is 3. The summed E-state index contributed by atoms with van der Waals surface area (Å²) in [6, 6.07) is 7.50. The minimum absolute atomic E-state index is 0. The van der Waals surface area contributed by atoms with Crippen molar-refractivity contribution in [1.82, 2.24) is 15.0 Å². The van der Waals surface area contributed by atoms with Gasteiger partial charge in [0.2, 0.25) is 11.9 Å². The van der Waals surface area contributed by atoms with Gasteiger partial charge in [0.15, 0.2) is 0 Å². The molecule has 1 aliphatic rings. The molecule has 27 heteroatoms. The number of nitrogens with one attached hydrogen (secondary N) is 1. The molecule has 1 aliphatic heterocycles. The summed E-state index contributed by atoms with van der Waals surface area (Å²) in [5.74, 6) is -0.591. The van der Waals surface area contributed by atoms with E-state index < -0.39 is 38.2 Å². The number of phenolic OH excluding ortho intramolecular Hbond substituents is 1. The largest absolute Gasteiger partial charge is 1.00 e. The number of fused-ring (bicyclic) bond motifs is 1. The van der Waals surface area contributed by atoms with E-state index in [1.807, 2.05) is 0 Å². The van der Waals surface area contributed by atoms with Crippen molar-refractivity contribution in [3.8, 4) is 5.75 Å². The molecule has 0 unspecified atom stereocenters. The summed E-state index contributed by atoms with van der Waals surface area (Å²) in [6.45, 7) is 1.69. The Morgan fingerprint density at radius 1 is 1.00 bits per heavy atom. The standard InChI is InChI=1S/C23H21FN8O11S3.3Na.H2O/c24-21-27-22(29-23(28-21)32-3-5-39-6-4-32)26-12-1-2-16(45-43-41-35)14(9-12)30-31-20-18-11(8-17(19(20)25)46(36,37)38)7-13(10-15(18)33)44-42-40-34;;;;/h1-2,7-10,33-35H,3-6,25H2,(H,36,37,38)(H,26,27,28,29);;;;1H2/q;3*+1;/p-3. The summed E-state index contributed by atoms with van der Waals surface area (Å²) in [5.41, 5.74) is 5.14. The van der Waals surface area contributed by atoms with Crippen LogP contribution in [-0.2, 0) is 33.6 Å². The molecule has 0 bridgehead atoms. The van der Waals surface area contributed by atoms with Crippen LogP contribution in [0, 0.1) is 6.08 Å². The third kappa shape index (κ3) is 12.0. The Kier molecular flexibility index (Phi) is 20.3. The monoisotopic (exact) mass is 784 g/mol. The van der Waals surface area contributed by atoms with Gasteiger partial charge in [0.05, 0.1) is 58.2 Å². The number of hydrogen-bond acceptors (Lipinski definition) is 21. The molecule has 20 nitrogen and oxygen atoms in total. The van der Waals surface area contributed by atoms with Gasteiger partial charge in [0.25, 0.3) is 0 Å². The van der Waals surface area contributed by atoms with Crippen molar-refractivity contribution in [2.45, 2.75) is 14.7 Å². The zero-order chi connectivity index (χ0) is 32.8. The number of rotatable bonds is 12. The van der Waals surface area contributed by atoms with Crippen molar-refractivity contribution in [2.75, 3.05) is 42.3 Å². The molecule has 252 valence electrons. The number of hydrogen-bond donors (Lipinski definition) is 3. The van der Waals surface area contributed by atoms with E-state index >= 15 is 0 Å². The quantitative estimate of drug-likeness (QED) is 0.0228. The van der Waals surface area contributed by atoms with Crippen LogP contribution in [0.25, 0.3) is 10.8 Å². The third-order valence-electron chi connectivity index (χ3n) is 6.11. The Balaban J connectivity index is 0.00000312. The molecule has 3 aromatic carbocycles. The molecule has 5 rings (SSSR count). The average molecular weight is 785 g/mol. The number of nitrogens with two attached hydrogens (primary N) is 1. The van der Waals surface area contributed by atoms with E-state index in [0.29, 0.717) is 50.4 Å². The van der Waals surface area contributed by atoms with Crippen molar-refractivity contribution in [1.29, 1.82) is 0 Å². The van der Waals surface area contributed by atoms with Crippen LogP contribution in [0.15, 0.2) is 61.3 Å². The van der Waals surface area contributed by atoms with Gasteiger partial charge in [0, 0.05) is 23.7 Å². The molecule has 2 heterocycles. The molecule has 6 N–H and O–H groups in total. The summed E-state index contributed by atoms with van der Waals surface area (Å²) in [5, 5.41) is 48.9. The molecular weight excluding hydrogens is 764 g/mol. The average Bonchev–Trinajstić information content (AvgIpc) is 3.02. The van der Waals surface area contributed by atoms with Crippen LogP contribution in [0.5, 0.6) is 5.75 Å². The molecular formula is C23H20FN8Na3O12S3. The SMILES string of the molecule is Nc1c(S(=O)(=O)[O-])cc2cc(SOO[O-])cc(O)c2c1N=Nc1cc(Nc2nc(F)nc(N3CCOCC3)n2)ccc1SOO[O-].O.[Na+].[Na+].[Na+]. The summed E-state index contributed by atoms with van der Waals surface area (Å²) in [6.07, 6.45) is -1.05. The first-order valence-corrected chi connectivity index (χ1v) is 15.3. The van der Waals surface area contributed by atoms with Gasteiger partial charge in [-0.3, -0.25) is 10.1 Å². The second-order valence-electron chi connectivity index (χ2n) is 8.91. The van der Waals surface area contributed by atoms with Crippen LogP contribution in [0.1, 0.15) is 0 Å². The number of morpholine rings is 1. The predicted octanol–water partition coefficient (Wildman–Crippen LogP) is -8.00. The number of nitrogen functional groups attached to an aromatic ring is 1. The molecule has 0 spiro atoms. The van der Waals surface area contributed by atoms with Crippen molar-refractivity contribution < 1.29 is 151 Å². The summed E-state index contributed by atoms with van der Waals surface area (Å²) in [7, 11) is -5.17. The molecule has 0 saturated carbocycles. The van der Waals surface area contributed by atoms with Crippen LogP contribution >= 0.6 is 24.1 Å². The van der Waals surface area contributed by atoms with E-state index in [9.17, 15) is 33.0 Å². The minimum atomic E-state index is -5.17. The maximum atomic E-state index is 14.3. The van der Waals surface area contributed by atoms with E-state index in [1.165, 1.54) is 24.3 Å². The molecule has 0 aliphatic carbocycles. The van der Waals surface area contributed by atoms with Gasteiger partial charge in [-0.25, -0.2) is 8.42 Å². The van der Waals surface area contributed by atoms with E-state index in [4.69, 9.17) is 10.5 Å². The number of ether oxygens (including phenoxy) is 1. The van der Waals surface area contributed by atoms with Crippen LogP contribution in [-0.4, -0.2) is 64.8 Å². The minimum Gasteiger partial charge on any atom is -0.744 e. The van der Waals surface area contributed by atoms with Gasteiger partial charge < -0.3 is 46.3 Å². The molecule has 0 amide bonds. The first kappa shape index (κ1) is 47.0. The maximum Gasteiger partial charge on any atom is 1.00 e. The van der Waals surface area contributed by atoms with E-state index in [-0.39, 0.29) is 138 Å². The first-order chi connectivity index (χ1) is 22.1. The first-order valence-electron chi connectivity index (χ1n) is 12.5. The van der Waals surface area contributed by atoms with Crippen LogP contribution in [0.3, 0.4) is 0 Å². The second-order valence-corrected chi connectivity index (χ2v) is 11.8. The van der Waals surface area contributed by atoms with Crippen LogP contribution in [0.2, 0.25) is 0 Å². The van der Waals surface area contributed by atoms with Crippen LogP contribution in [0.4, 0.5) is 39.0 Å². The normalized spacial score (nSPS) is 12.8. The second kappa shape index (κ2) is 21.6. The van der Waals surface area contributed by atoms with Gasteiger partial charge in [-0.15, -0.1) is 10.2 Å². The number of halogens is 1. The smallest absolute Gasteiger partial charge is 0.744 e. The predicted molar refractivity (Wildman–Crippen MR) is 154 cm³/mol. The molecule has 1 fully saturated rings. The van der Waals surface area contributed by atoms with Crippen molar-refractivity contribution in [2.24, 2.45) is 10.2 Å². The molecule has 1 saturated heterocycles. The van der Waals surface area contributed by atoms with Gasteiger partial charge in [-0.05, 0) is 41.8 Å². The fraction of sp³-hybridized carbons (Fsp3) is 0.174. The zero-order valence-electron chi connectivity index (χ0n) is 26.2. The van der Waals surface area contributed by atoms with Gasteiger partial charge in [-0.2, -0.15) is 28.0 Å². The maximum absolute atomic E-state index is 14.3. The van der Waals surface area contributed by atoms with Crippen LogP contribution < -0.4 is 115 Å². The number of phenols is 1. The van der Waals surface area contributed by atoms with E-state index in [2.05, 4.69) is 49.2 Å². The number of anilines is 4. The number of azo groups is 1. The molecule has 1 aromatic heterocycles. The van der Waals surface area contributed by atoms with Crippen molar-refractivity contribution in [3.05, 3.63) is 42.5 Å². The van der Waals surface area contributed by atoms with Gasteiger partial charge >= 0.3 is 94.8 Å². The number of aromatic nitrogens is 3. The summed E-state index contributed by atoms with van der Waals surface area (Å²) in [4.78, 5) is 12.7. The molecule has 0 radical (unpaired) electrons. The Labute approximate surface area is 356 Å². The Bertz CT molecular complexity index is 1900. The molecule has 50 heavy (non-hydrogen) atoms. The topological polar surface area (TPSA) is 306 Å². The summed E-state index contributed by atoms with van der Waals surface area (Å²) < 4.78 is 64.3. The van der Waals surface area contributed by atoms with Gasteiger partial charge in [0.1, 0.15) is 27.2 Å². The van der Waals surface area contributed by atoms with Gasteiger partial charge in [-0.1, -0.05) is 0 Å². The van der Waals surface area contributed by atoms with E-state index in [1.54, 1.807) is 4.90 Å². The number of nitrogens with zero attached hydrogens (tertiary/aromatic N) is 6. The zero-order valence-corrected chi connectivity index (χ0v) is 34.6. The fourth-order valence-corrected chi connectivity index (χ4v) is 5.69. The Morgan fingerprint density at radius 2 is 1.68 bits per heavy atom. The molecule has 0 atom stereocenters.